The van der Waals surface area contributed by atoms with Crippen LogP contribution in [0.3, 0.4) is 0 Å². The highest BCUT2D eigenvalue weighted by atomic mass is 15.0. The number of hydrogen-bond donors (Lipinski definition) is 1. The summed E-state index contributed by atoms with van der Waals surface area (Å²) in [5.41, 5.74) is 1.33. The van der Waals surface area contributed by atoms with Gasteiger partial charge < -0.3 is 5.32 Å². The Hall–Kier alpha value is -0.0400. The van der Waals surface area contributed by atoms with Crippen LogP contribution >= 0.6 is 0 Å². The molecule has 1 atom stereocenters. The summed E-state index contributed by atoms with van der Waals surface area (Å²) in [4.78, 5) is 0. The largest absolute Gasteiger partial charge is 0.316 e. The maximum atomic E-state index is 3.45. The first-order valence-corrected chi connectivity index (χ1v) is 5.77. The molecule has 1 saturated heterocycles. The van der Waals surface area contributed by atoms with Crippen molar-refractivity contribution in [3.63, 3.8) is 0 Å². The molecule has 1 spiro atoms. The van der Waals surface area contributed by atoms with Crippen molar-refractivity contribution in [3.05, 3.63) is 0 Å². The number of rotatable bonds is 1. The molecule has 2 aliphatic rings. The fraction of sp³-hybridized carbons (Fsp3) is 1.00. The molecular formula is C12H23N. The molecule has 1 unspecified atom stereocenters. The molecule has 13 heavy (non-hydrogen) atoms. The van der Waals surface area contributed by atoms with E-state index in [4.69, 9.17) is 0 Å². The Balaban J connectivity index is 2.06. The van der Waals surface area contributed by atoms with E-state index in [0.717, 1.165) is 5.92 Å². The first kappa shape index (κ1) is 9.51. The summed E-state index contributed by atoms with van der Waals surface area (Å²) in [6.45, 7) is 9.86. The normalized spacial score (nSPS) is 37.8. The van der Waals surface area contributed by atoms with E-state index in [1.54, 1.807) is 0 Å². The molecule has 1 heterocycles. The Morgan fingerprint density at radius 3 is 2.31 bits per heavy atom. The van der Waals surface area contributed by atoms with Crippen molar-refractivity contribution < 1.29 is 0 Å². The summed E-state index contributed by atoms with van der Waals surface area (Å²) in [5.74, 6) is 0.852. The quantitative estimate of drug-likeness (QED) is 0.656. The minimum atomic E-state index is 0.625. The van der Waals surface area contributed by atoms with Gasteiger partial charge in [-0.05, 0) is 36.0 Å². The van der Waals surface area contributed by atoms with Crippen LogP contribution < -0.4 is 5.32 Å². The van der Waals surface area contributed by atoms with Crippen LogP contribution in [0.15, 0.2) is 0 Å². The summed E-state index contributed by atoms with van der Waals surface area (Å²) >= 11 is 0. The molecule has 0 aromatic carbocycles. The fourth-order valence-corrected chi connectivity index (χ4v) is 3.17. The minimum Gasteiger partial charge on any atom is -0.316 e. The van der Waals surface area contributed by atoms with Gasteiger partial charge in [-0.25, -0.2) is 0 Å². The molecule has 0 amide bonds. The zero-order valence-electron chi connectivity index (χ0n) is 9.32. The lowest BCUT2D eigenvalue weighted by Gasteiger charge is -2.53. The predicted molar refractivity (Wildman–Crippen MR) is 56.7 cm³/mol. The van der Waals surface area contributed by atoms with Crippen molar-refractivity contribution in [1.82, 2.24) is 5.32 Å². The summed E-state index contributed by atoms with van der Waals surface area (Å²) in [7, 11) is 0. The fourth-order valence-electron chi connectivity index (χ4n) is 3.17. The Morgan fingerprint density at radius 2 is 1.85 bits per heavy atom. The van der Waals surface area contributed by atoms with Crippen LogP contribution in [-0.2, 0) is 0 Å². The molecule has 2 fully saturated rings. The van der Waals surface area contributed by atoms with Crippen LogP contribution in [0.5, 0.6) is 0 Å². The summed E-state index contributed by atoms with van der Waals surface area (Å²) in [5, 5.41) is 3.45. The van der Waals surface area contributed by atoms with Crippen LogP contribution in [-0.4, -0.2) is 13.1 Å². The molecule has 1 heteroatoms. The molecule has 0 aromatic heterocycles. The van der Waals surface area contributed by atoms with E-state index in [1.165, 1.54) is 38.8 Å². The molecule has 1 saturated carbocycles. The molecular weight excluding hydrogens is 158 g/mol. The standard InChI is InChI=1S/C12H23N/c1-10(2)11(3)5-4-6-12(7-11)8-13-9-12/h10,13H,4-9H2,1-3H3. The SMILES string of the molecule is CC(C)C1(C)CCCC2(CNC2)C1. The first-order chi connectivity index (χ1) is 6.06. The van der Waals surface area contributed by atoms with E-state index in [0.29, 0.717) is 10.8 Å². The van der Waals surface area contributed by atoms with E-state index in [-0.39, 0.29) is 0 Å². The van der Waals surface area contributed by atoms with Crippen molar-refractivity contribution in [1.29, 1.82) is 0 Å². The van der Waals surface area contributed by atoms with Gasteiger partial charge in [0.05, 0.1) is 0 Å². The Labute approximate surface area is 82.3 Å². The van der Waals surface area contributed by atoms with Crippen molar-refractivity contribution in [2.24, 2.45) is 16.7 Å². The van der Waals surface area contributed by atoms with Gasteiger partial charge in [0.2, 0.25) is 0 Å². The van der Waals surface area contributed by atoms with Crippen LogP contribution in [0.2, 0.25) is 0 Å². The average Bonchev–Trinajstić information content (AvgIpc) is 2.01. The first-order valence-electron chi connectivity index (χ1n) is 5.77. The van der Waals surface area contributed by atoms with Crippen LogP contribution in [0.4, 0.5) is 0 Å². The summed E-state index contributed by atoms with van der Waals surface area (Å²) in [6.07, 6.45) is 5.84. The highest BCUT2D eigenvalue weighted by Crippen LogP contribution is 2.51. The van der Waals surface area contributed by atoms with Gasteiger partial charge in [-0.1, -0.05) is 27.2 Å². The molecule has 2 rings (SSSR count). The van der Waals surface area contributed by atoms with Crippen LogP contribution in [0.1, 0.15) is 46.5 Å². The Kier molecular flexibility index (Phi) is 2.18. The second kappa shape index (κ2) is 2.98. The molecule has 76 valence electrons. The highest BCUT2D eigenvalue weighted by molar-refractivity contribution is 5.00. The van der Waals surface area contributed by atoms with Gasteiger partial charge in [-0.3, -0.25) is 0 Å². The van der Waals surface area contributed by atoms with Gasteiger partial charge in [0.15, 0.2) is 0 Å². The molecule has 0 radical (unpaired) electrons. The smallest absolute Gasteiger partial charge is 0.00204 e. The third-order valence-electron chi connectivity index (χ3n) is 4.63. The van der Waals surface area contributed by atoms with E-state index >= 15 is 0 Å². The lowest BCUT2D eigenvalue weighted by molar-refractivity contribution is -0.000794. The molecule has 1 nitrogen and oxygen atoms in total. The maximum Gasteiger partial charge on any atom is 0.00204 e. The zero-order valence-corrected chi connectivity index (χ0v) is 9.32. The summed E-state index contributed by atoms with van der Waals surface area (Å²) in [6, 6.07) is 0. The van der Waals surface area contributed by atoms with Crippen molar-refractivity contribution in [2.75, 3.05) is 13.1 Å². The van der Waals surface area contributed by atoms with Crippen molar-refractivity contribution in [3.8, 4) is 0 Å². The van der Waals surface area contributed by atoms with E-state index < -0.39 is 0 Å². The minimum absolute atomic E-state index is 0.625. The Bertz CT molecular complexity index is 193. The van der Waals surface area contributed by atoms with Crippen molar-refractivity contribution in [2.45, 2.75) is 46.5 Å². The summed E-state index contributed by atoms with van der Waals surface area (Å²) < 4.78 is 0. The lowest BCUT2D eigenvalue weighted by Crippen LogP contribution is -2.57. The second-order valence-electron chi connectivity index (χ2n) is 5.94. The molecule has 1 aliphatic carbocycles. The van der Waals surface area contributed by atoms with E-state index in [2.05, 4.69) is 26.1 Å². The monoisotopic (exact) mass is 181 g/mol. The third-order valence-corrected chi connectivity index (χ3v) is 4.63. The topological polar surface area (TPSA) is 12.0 Å². The lowest BCUT2D eigenvalue weighted by atomic mass is 9.57. The van der Waals surface area contributed by atoms with Gasteiger partial charge >= 0.3 is 0 Å². The van der Waals surface area contributed by atoms with Gasteiger partial charge in [-0.15, -0.1) is 0 Å². The van der Waals surface area contributed by atoms with E-state index in [9.17, 15) is 0 Å². The highest BCUT2D eigenvalue weighted by Gasteiger charge is 2.46. The van der Waals surface area contributed by atoms with Crippen LogP contribution in [0, 0.1) is 16.7 Å². The molecule has 1 N–H and O–H groups in total. The Morgan fingerprint density at radius 1 is 1.15 bits per heavy atom. The molecule has 0 aromatic rings. The average molecular weight is 181 g/mol. The number of nitrogens with one attached hydrogen (secondary N) is 1. The third kappa shape index (κ3) is 1.52. The molecule has 1 aliphatic heterocycles. The molecule has 0 bridgehead atoms. The van der Waals surface area contributed by atoms with Crippen LogP contribution in [0.25, 0.3) is 0 Å². The van der Waals surface area contributed by atoms with Gasteiger partial charge in [0, 0.05) is 13.1 Å². The van der Waals surface area contributed by atoms with E-state index in [1.807, 2.05) is 0 Å². The van der Waals surface area contributed by atoms with Crippen molar-refractivity contribution >= 4 is 0 Å². The second-order valence-corrected chi connectivity index (χ2v) is 5.94. The van der Waals surface area contributed by atoms with Gasteiger partial charge in [0.25, 0.3) is 0 Å². The van der Waals surface area contributed by atoms with Gasteiger partial charge in [-0.2, -0.15) is 0 Å². The van der Waals surface area contributed by atoms with Gasteiger partial charge in [0.1, 0.15) is 0 Å². The zero-order chi connectivity index (χ0) is 9.53. The predicted octanol–water partition coefficient (Wildman–Crippen LogP) is 2.81. The maximum absolute atomic E-state index is 3.45. The number of hydrogen-bond acceptors (Lipinski definition) is 1.